The maximum atomic E-state index is 14.3. The van der Waals surface area contributed by atoms with Gasteiger partial charge in [0.2, 0.25) is 0 Å². The lowest BCUT2D eigenvalue weighted by Gasteiger charge is -2.29. The number of aliphatic imine (C=N–C) groups is 1. The van der Waals surface area contributed by atoms with Gasteiger partial charge in [0, 0.05) is 38.0 Å². The summed E-state index contributed by atoms with van der Waals surface area (Å²) in [7, 11) is 1.18. The molecule has 2 aromatic carbocycles. The van der Waals surface area contributed by atoms with E-state index >= 15 is 0 Å². The standard InChI is InChI=1S/C32H35F4N3O/c1-5-27(31(37-4)32(34,35)36)29-18-24(19-39-13-12-38-21(39)3)17-26-16-22(7-10-28(26)29)14-23-8-11-30(33)25(15-23)9-6-20(2)40/h5,8,11-13,15,17-18,22,40H,2,6-7,9-10,14,16,19H2,1,3-4H3/b27-5-,37-31+. The van der Waals surface area contributed by atoms with Crippen molar-refractivity contribution in [1.82, 2.24) is 9.55 Å². The third-order valence-corrected chi connectivity index (χ3v) is 7.63. The molecule has 0 radical (unpaired) electrons. The Bertz CT molecular complexity index is 1450. The highest BCUT2D eigenvalue weighted by atomic mass is 19.4. The minimum atomic E-state index is -4.57. The first kappa shape index (κ1) is 29.3. The molecule has 1 aliphatic rings. The van der Waals surface area contributed by atoms with Crippen molar-refractivity contribution in [2.45, 2.75) is 65.1 Å². The third kappa shape index (κ3) is 6.72. The number of fused-ring (bicyclic) bond motifs is 1. The van der Waals surface area contributed by atoms with Gasteiger partial charge in [-0.3, -0.25) is 4.99 Å². The number of alkyl halides is 3. The molecule has 0 amide bonds. The summed E-state index contributed by atoms with van der Waals surface area (Å²) in [5, 5.41) is 9.42. The first-order valence-corrected chi connectivity index (χ1v) is 13.5. The fraction of sp³-hybridized carbons (Fsp3) is 0.375. The predicted octanol–water partition coefficient (Wildman–Crippen LogP) is 7.77. The molecule has 0 bridgehead atoms. The van der Waals surface area contributed by atoms with E-state index in [0.717, 1.165) is 40.9 Å². The number of benzene rings is 2. The topological polar surface area (TPSA) is 50.4 Å². The van der Waals surface area contributed by atoms with Gasteiger partial charge in [0.15, 0.2) is 0 Å². The molecule has 0 spiro atoms. The lowest BCUT2D eigenvalue weighted by Crippen LogP contribution is -2.26. The van der Waals surface area contributed by atoms with Crippen molar-refractivity contribution in [2.75, 3.05) is 7.05 Å². The van der Waals surface area contributed by atoms with Gasteiger partial charge in [-0.1, -0.05) is 30.9 Å². The summed E-state index contributed by atoms with van der Waals surface area (Å²) in [6.45, 7) is 7.49. The molecule has 0 saturated heterocycles. The molecule has 1 N–H and O–H groups in total. The number of hydrogen-bond donors (Lipinski definition) is 1. The van der Waals surface area contributed by atoms with Gasteiger partial charge in [-0.05, 0) is 97.4 Å². The van der Waals surface area contributed by atoms with Crippen LogP contribution in [0.4, 0.5) is 17.6 Å². The zero-order chi connectivity index (χ0) is 29.0. The zero-order valence-corrected chi connectivity index (χ0v) is 23.2. The highest BCUT2D eigenvalue weighted by molar-refractivity contribution is 6.26. The van der Waals surface area contributed by atoms with Crippen LogP contribution < -0.4 is 0 Å². The van der Waals surface area contributed by atoms with Crippen LogP contribution in [0.25, 0.3) is 5.57 Å². The Morgan fingerprint density at radius 3 is 2.62 bits per heavy atom. The third-order valence-electron chi connectivity index (χ3n) is 7.63. The van der Waals surface area contributed by atoms with E-state index in [1.165, 1.54) is 19.2 Å². The number of aliphatic hydroxyl groups is 1. The molecule has 4 rings (SSSR count). The second-order valence-corrected chi connectivity index (χ2v) is 10.5. The van der Waals surface area contributed by atoms with Crippen LogP contribution in [-0.4, -0.2) is 33.6 Å². The molecular weight excluding hydrogens is 518 g/mol. The number of nitrogens with zero attached hydrogens (tertiary/aromatic N) is 3. The van der Waals surface area contributed by atoms with Gasteiger partial charge >= 0.3 is 6.18 Å². The number of halogens is 4. The summed E-state index contributed by atoms with van der Waals surface area (Å²) < 4.78 is 58.2. The number of imidazole rings is 1. The van der Waals surface area contributed by atoms with Gasteiger partial charge in [-0.2, -0.15) is 13.2 Å². The van der Waals surface area contributed by atoms with Gasteiger partial charge in [0.05, 0.1) is 5.76 Å². The summed E-state index contributed by atoms with van der Waals surface area (Å²) in [4.78, 5) is 7.92. The molecule has 0 saturated carbocycles. The normalized spacial score (nSPS) is 16.2. The lowest BCUT2D eigenvalue weighted by molar-refractivity contribution is -0.0572. The molecular formula is C32H35F4N3O. The predicted molar refractivity (Wildman–Crippen MR) is 151 cm³/mol. The zero-order valence-electron chi connectivity index (χ0n) is 23.2. The van der Waals surface area contributed by atoms with Crippen LogP contribution in [0.5, 0.6) is 0 Å². The van der Waals surface area contributed by atoms with Crippen molar-refractivity contribution in [1.29, 1.82) is 0 Å². The van der Waals surface area contributed by atoms with E-state index in [-0.39, 0.29) is 23.1 Å². The summed E-state index contributed by atoms with van der Waals surface area (Å²) in [6.07, 6.45) is 4.07. The molecule has 1 atom stereocenters. The number of aryl methyl sites for hydroxylation is 2. The Balaban J connectivity index is 1.69. The molecule has 212 valence electrons. The summed E-state index contributed by atoms with van der Waals surface area (Å²) in [5.41, 5.74) is 4.23. The number of aliphatic hydroxyl groups excluding tert-OH is 1. The van der Waals surface area contributed by atoms with Crippen molar-refractivity contribution in [3.05, 3.63) is 106 Å². The smallest absolute Gasteiger partial charge is 0.433 e. The lowest BCUT2D eigenvalue weighted by atomic mass is 9.76. The van der Waals surface area contributed by atoms with E-state index in [1.54, 1.807) is 19.2 Å². The van der Waals surface area contributed by atoms with Gasteiger partial charge in [0.1, 0.15) is 17.4 Å². The molecule has 40 heavy (non-hydrogen) atoms. The average molecular weight is 554 g/mol. The Hall–Kier alpha value is -3.68. The first-order chi connectivity index (χ1) is 19.0. The minimum Gasteiger partial charge on any atom is -0.513 e. The van der Waals surface area contributed by atoms with Crippen molar-refractivity contribution >= 4 is 11.3 Å². The second kappa shape index (κ2) is 12.2. The van der Waals surface area contributed by atoms with Crippen LogP contribution >= 0.6 is 0 Å². The maximum Gasteiger partial charge on any atom is 0.433 e. The first-order valence-electron chi connectivity index (χ1n) is 13.5. The number of allylic oxidation sites excluding steroid dienone is 3. The molecule has 1 heterocycles. The highest BCUT2D eigenvalue weighted by Crippen LogP contribution is 2.37. The van der Waals surface area contributed by atoms with E-state index in [0.29, 0.717) is 43.4 Å². The van der Waals surface area contributed by atoms with E-state index in [9.17, 15) is 22.7 Å². The molecule has 1 aromatic heterocycles. The van der Waals surface area contributed by atoms with Crippen LogP contribution in [0.3, 0.4) is 0 Å². The van der Waals surface area contributed by atoms with Crippen LogP contribution in [0.15, 0.2) is 66.1 Å². The summed E-state index contributed by atoms with van der Waals surface area (Å²) in [5.74, 6) is 0.799. The fourth-order valence-corrected chi connectivity index (χ4v) is 5.69. The SMILES string of the molecule is C=C(O)CCc1cc(CC2CCc3c(cc(Cn4ccnc4C)cc3C(=C/C)/C(=N\C)C(F)(F)F)C2)ccc1F. The van der Waals surface area contributed by atoms with Gasteiger partial charge in [-0.25, -0.2) is 9.37 Å². The molecule has 1 unspecified atom stereocenters. The van der Waals surface area contributed by atoms with Crippen LogP contribution in [-0.2, 0) is 32.2 Å². The van der Waals surface area contributed by atoms with Crippen molar-refractivity contribution in [3.8, 4) is 0 Å². The Labute approximate surface area is 232 Å². The van der Waals surface area contributed by atoms with Crippen LogP contribution in [0.2, 0.25) is 0 Å². The van der Waals surface area contributed by atoms with Gasteiger partial charge in [0.25, 0.3) is 0 Å². The molecule has 0 aliphatic heterocycles. The van der Waals surface area contributed by atoms with Gasteiger partial charge in [-0.15, -0.1) is 0 Å². The fourth-order valence-electron chi connectivity index (χ4n) is 5.69. The Morgan fingerprint density at radius 1 is 1.23 bits per heavy atom. The molecule has 8 heteroatoms. The average Bonchev–Trinajstić information content (AvgIpc) is 3.30. The monoisotopic (exact) mass is 553 g/mol. The summed E-state index contributed by atoms with van der Waals surface area (Å²) in [6, 6.07) is 9.08. The quantitative estimate of drug-likeness (QED) is 0.167. The van der Waals surface area contributed by atoms with Gasteiger partial charge < -0.3 is 9.67 Å². The number of rotatable bonds is 9. The van der Waals surface area contributed by atoms with Crippen LogP contribution in [0, 0.1) is 18.7 Å². The van der Waals surface area contributed by atoms with E-state index < -0.39 is 11.9 Å². The Morgan fingerprint density at radius 2 is 2.00 bits per heavy atom. The van der Waals surface area contributed by atoms with Crippen molar-refractivity contribution in [2.24, 2.45) is 10.9 Å². The molecule has 3 aromatic rings. The maximum absolute atomic E-state index is 14.3. The molecule has 1 aliphatic carbocycles. The van der Waals surface area contributed by atoms with Crippen molar-refractivity contribution in [3.63, 3.8) is 0 Å². The van der Waals surface area contributed by atoms with E-state index in [2.05, 4.69) is 22.6 Å². The van der Waals surface area contributed by atoms with E-state index in [4.69, 9.17) is 0 Å². The Kier molecular flexibility index (Phi) is 8.96. The highest BCUT2D eigenvalue weighted by Gasteiger charge is 2.39. The van der Waals surface area contributed by atoms with Crippen molar-refractivity contribution < 1.29 is 22.7 Å². The largest absolute Gasteiger partial charge is 0.513 e. The minimum absolute atomic E-state index is 0.0217. The second-order valence-electron chi connectivity index (χ2n) is 10.5. The van der Waals surface area contributed by atoms with Crippen LogP contribution in [0.1, 0.15) is 59.0 Å². The number of hydrogen-bond acceptors (Lipinski definition) is 3. The number of aromatic nitrogens is 2. The van der Waals surface area contributed by atoms with E-state index in [1.807, 2.05) is 29.8 Å². The molecule has 4 nitrogen and oxygen atoms in total. The molecule has 0 fully saturated rings. The summed E-state index contributed by atoms with van der Waals surface area (Å²) >= 11 is 0.